The van der Waals surface area contributed by atoms with Crippen LogP contribution in [0.4, 0.5) is 0 Å². The van der Waals surface area contributed by atoms with Crippen molar-refractivity contribution in [1.82, 2.24) is 14.0 Å². The van der Waals surface area contributed by atoms with E-state index in [0.717, 1.165) is 22.3 Å². The van der Waals surface area contributed by atoms with Gasteiger partial charge in [0.05, 0.1) is 16.7 Å². The normalized spacial score (nSPS) is 11.3. The topological polar surface area (TPSA) is 59.5 Å². The molecule has 0 fully saturated rings. The van der Waals surface area contributed by atoms with Gasteiger partial charge in [0.1, 0.15) is 6.54 Å². The van der Waals surface area contributed by atoms with Crippen molar-refractivity contribution in [1.29, 1.82) is 0 Å². The number of carboxylic acid groups (broad SMARTS) is 1. The van der Waals surface area contributed by atoms with E-state index in [-0.39, 0.29) is 6.54 Å². The van der Waals surface area contributed by atoms with Crippen LogP contribution in [0.15, 0.2) is 60.8 Å². The summed E-state index contributed by atoms with van der Waals surface area (Å²) in [6, 6.07) is 17.5. The Morgan fingerprint density at radius 2 is 1.77 bits per heavy atom. The lowest BCUT2D eigenvalue weighted by Gasteiger charge is -2.05. The van der Waals surface area contributed by atoms with E-state index in [2.05, 4.69) is 4.98 Å². The first-order valence-electron chi connectivity index (χ1n) is 6.97. The molecule has 0 radical (unpaired) electrons. The number of rotatable bonds is 3. The molecule has 0 atom stereocenters. The molecule has 5 heteroatoms. The number of fused-ring (bicyclic) bond motifs is 3. The van der Waals surface area contributed by atoms with Gasteiger partial charge in [0.25, 0.3) is 0 Å². The molecule has 22 heavy (non-hydrogen) atoms. The Bertz CT molecular complexity index is 983. The van der Waals surface area contributed by atoms with Gasteiger partial charge in [-0.1, -0.05) is 42.5 Å². The Morgan fingerprint density at radius 1 is 1.05 bits per heavy atom. The fourth-order valence-corrected chi connectivity index (χ4v) is 2.78. The molecule has 0 spiro atoms. The summed E-state index contributed by atoms with van der Waals surface area (Å²) in [6.45, 7) is -0.121. The fraction of sp³-hybridized carbons (Fsp3) is 0.0588. The minimum Gasteiger partial charge on any atom is -0.480 e. The van der Waals surface area contributed by atoms with Crippen LogP contribution in [0.2, 0.25) is 0 Å². The minimum absolute atomic E-state index is 0.121. The largest absolute Gasteiger partial charge is 0.480 e. The van der Waals surface area contributed by atoms with Crippen LogP contribution in [0.5, 0.6) is 0 Å². The van der Waals surface area contributed by atoms with E-state index in [1.807, 2.05) is 65.2 Å². The van der Waals surface area contributed by atoms with E-state index in [4.69, 9.17) is 0 Å². The number of aliphatic carboxylic acids is 1. The monoisotopic (exact) mass is 291 g/mol. The van der Waals surface area contributed by atoms with Gasteiger partial charge in [0.15, 0.2) is 0 Å². The molecule has 1 N–H and O–H groups in total. The van der Waals surface area contributed by atoms with Crippen LogP contribution in [0.1, 0.15) is 0 Å². The van der Waals surface area contributed by atoms with Gasteiger partial charge in [0, 0.05) is 6.20 Å². The molecule has 0 aliphatic heterocycles. The Balaban J connectivity index is 2.05. The second-order valence-electron chi connectivity index (χ2n) is 5.13. The molecule has 4 aromatic rings. The second-order valence-corrected chi connectivity index (χ2v) is 5.13. The highest BCUT2D eigenvalue weighted by Gasteiger charge is 2.16. The summed E-state index contributed by atoms with van der Waals surface area (Å²) in [5.41, 5.74) is 3.64. The molecule has 2 aromatic heterocycles. The van der Waals surface area contributed by atoms with E-state index in [9.17, 15) is 9.90 Å². The lowest BCUT2D eigenvalue weighted by molar-refractivity contribution is -0.137. The van der Waals surface area contributed by atoms with Gasteiger partial charge in [-0.25, -0.2) is 4.98 Å². The van der Waals surface area contributed by atoms with Crippen LogP contribution in [-0.4, -0.2) is 25.0 Å². The van der Waals surface area contributed by atoms with Crippen molar-refractivity contribution < 1.29 is 9.90 Å². The summed E-state index contributed by atoms with van der Waals surface area (Å²) in [5.74, 6) is -0.246. The Kier molecular flexibility index (Phi) is 2.72. The molecule has 4 rings (SSSR count). The van der Waals surface area contributed by atoms with Crippen molar-refractivity contribution >= 4 is 22.8 Å². The Labute approximate surface area is 126 Å². The third-order valence-corrected chi connectivity index (χ3v) is 3.72. The first-order valence-corrected chi connectivity index (χ1v) is 6.97. The summed E-state index contributed by atoms with van der Waals surface area (Å²) < 4.78 is 3.68. The third-order valence-electron chi connectivity index (χ3n) is 3.72. The first-order chi connectivity index (χ1) is 10.7. The number of aromatic nitrogens is 3. The van der Waals surface area contributed by atoms with E-state index < -0.39 is 5.97 Å². The summed E-state index contributed by atoms with van der Waals surface area (Å²) in [4.78, 5) is 15.8. The Hall–Kier alpha value is -3.08. The third kappa shape index (κ3) is 1.87. The summed E-state index contributed by atoms with van der Waals surface area (Å²) >= 11 is 0. The number of carbonyl (C=O) groups is 1. The zero-order valence-corrected chi connectivity index (χ0v) is 11.7. The van der Waals surface area contributed by atoms with Gasteiger partial charge < -0.3 is 5.11 Å². The summed E-state index contributed by atoms with van der Waals surface area (Å²) in [7, 11) is 0. The van der Waals surface area contributed by atoms with Crippen LogP contribution in [0.25, 0.3) is 28.1 Å². The maximum absolute atomic E-state index is 11.3. The highest BCUT2D eigenvalue weighted by molar-refractivity contribution is 5.82. The molecular formula is C17H13N3O2. The molecule has 0 saturated carbocycles. The number of imidazole rings is 2. The standard InChI is InChI=1S/C17H13N3O2/c21-16(22)11-20-15(12-6-2-1-3-7-12)10-19-14-9-5-4-8-13(14)18-17(19)20/h1-10H,11H2,(H,21,22). The minimum atomic E-state index is -0.887. The van der Waals surface area contributed by atoms with Crippen molar-refractivity contribution in [2.24, 2.45) is 0 Å². The molecule has 108 valence electrons. The van der Waals surface area contributed by atoms with Gasteiger partial charge in [-0.2, -0.15) is 0 Å². The number of hydrogen-bond acceptors (Lipinski definition) is 2. The molecule has 5 nitrogen and oxygen atoms in total. The van der Waals surface area contributed by atoms with Crippen molar-refractivity contribution in [3.63, 3.8) is 0 Å². The van der Waals surface area contributed by atoms with Gasteiger partial charge in [0.2, 0.25) is 5.78 Å². The lowest BCUT2D eigenvalue weighted by Crippen LogP contribution is -2.10. The van der Waals surface area contributed by atoms with Crippen molar-refractivity contribution in [2.75, 3.05) is 0 Å². The van der Waals surface area contributed by atoms with Crippen molar-refractivity contribution in [3.8, 4) is 11.3 Å². The number of para-hydroxylation sites is 2. The van der Waals surface area contributed by atoms with E-state index >= 15 is 0 Å². The quantitative estimate of drug-likeness (QED) is 0.631. The van der Waals surface area contributed by atoms with Crippen LogP contribution in [-0.2, 0) is 11.3 Å². The van der Waals surface area contributed by atoms with Crippen LogP contribution in [0, 0.1) is 0 Å². The summed E-state index contributed by atoms with van der Waals surface area (Å²) in [5, 5.41) is 9.23. The molecule has 0 aliphatic carbocycles. The average molecular weight is 291 g/mol. The molecule has 0 unspecified atom stereocenters. The fourth-order valence-electron chi connectivity index (χ4n) is 2.78. The van der Waals surface area contributed by atoms with Gasteiger partial charge in [-0.05, 0) is 17.7 Å². The van der Waals surface area contributed by atoms with Gasteiger partial charge in [-0.3, -0.25) is 13.8 Å². The molecular weight excluding hydrogens is 278 g/mol. The zero-order valence-electron chi connectivity index (χ0n) is 11.7. The number of benzene rings is 2. The summed E-state index contributed by atoms with van der Waals surface area (Å²) in [6.07, 6.45) is 1.95. The first kappa shape index (κ1) is 12.6. The molecule has 2 aromatic carbocycles. The van der Waals surface area contributed by atoms with Crippen LogP contribution >= 0.6 is 0 Å². The zero-order chi connectivity index (χ0) is 15.1. The molecule has 0 bridgehead atoms. The van der Waals surface area contributed by atoms with Crippen molar-refractivity contribution in [2.45, 2.75) is 6.54 Å². The van der Waals surface area contributed by atoms with Gasteiger partial charge >= 0.3 is 5.97 Å². The van der Waals surface area contributed by atoms with E-state index in [0.29, 0.717) is 5.78 Å². The molecule has 0 aliphatic rings. The maximum Gasteiger partial charge on any atom is 0.323 e. The smallest absolute Gasteiger partial charge is 0.323 e. The predicted octanol–water partition coefficient (Wildman–Crippen LogP) is 3.04. The number of hydrogen-bond donors (Lipinski definition) is 1. The highest BCUT2D eigenvalue weighted by Crippen LogP contribution is 2.26. The molecule has 0 saturated heterocycles. The SMILES string of the molecule is O=C(O)Cn1c(-c2ccccc2)cn2c3ccccc3nc12. The van der Waals surface area contributed by atoms with Crippen LogP contribution in [0.3, 0.4) is 0 Å². The molecule has 2 heterocycles. The van der Waals surface area contributed by atoms with E-state index in [1.54, 1.807) is 4.57 Å². The lowest BCUT2D eigenvalue weighted by atomic mass is 10.2. The highest BCUT2D eigenvalue weighted by atomic mass is 16.4. The van der Waals surface area contributed by atoms with Crippen molar-refractivity contribution in [3.05, 3.63) is 60.8 Å². The number of carboxylic acids is 1. The van der Waals surface area contributed by atoms with E-state index in [1.165, 1.54) is 0 Å². The van der Waals surface area contributed by atoms with Crippen LogP contribution < -0.4 is 0 Å². The Morgan fingerprint density at radius 3 is 2.55 bits per heavy atom. The number of nitrogens with zero attached hydrogens (tertiary/aromatic N) is 3. The molecule has 0 amide bonds. The predicted molar refractivity (Wildman–Crippen MR) is 83.8 cm³/mol. The average Bonchev–Trinajstić information content (AvgIpc) is 3.05. The second kappa shape index (κ2) is 4.73. The maximum atomic E-state index is 11.3. The van der Waals surface area contributed by atoms with Gasteiger partial charge in [-0.15, -0.1) is 0 Å².